The second-order valence-electron chi connectivity index (χ2n) is 14.8. The summed E-state index contributed by atoms with van der Waals surface area (Å²) in [4.78, 5) is 61.1. The fourth-order valence-electron chi connectivity index (χ4n) is 7.01. The lowest BCUT2D eigenvalue weighted by atomic mass is 9.68. The second-order valence-corrected chi connectivity index (χ2v) is 14.8. The number of Topliss-reactive ketones (excluding diaryl/α,β-unsaturated/α-hetero) is 2. The Bertz CT molecular complexity index is 1200. The zero-order valence-electron chi connectivity index (χ0n) is 30.9. The van der Waals surface area contributed by atoms with E-state index in [0.717, 1.165) is 44.9 Å². The van der Waals surface area contributed by atoms with Crippen LogP contribution in [0.25, 0.3) is 0 Å². The molecule has 4 unspecified atom stereocenters. The summed E-state index contributed by atoms with van der Waals surface area (Å²) in [5.41, 5.74) is 3.04. The predicted octanol–water partition coefficient (Wildman–Crippen LogP) is 1.78. The van der Waals surface area contributed by atoms with Crippen molar-refractivity contribution in [2.75, 3.05) is 39.9 Å². The van der Waals surface area contributed by atoms with Crippen molar-refractivity contribution in [2.45, 2.75) is 134 Å². The minimum atomic E-state index is -0.759. The summed E-state index contributed by atoms with van der Waals surface area (Å²) in [6.07, 6.45) is 9.08. The van der Waals surface area contributed by atoms with E-state index in [9.17, 15) is 24.0 Å². The molecule has 1 aliphatic carbocycles. The number of esters is 1. The Morgan fingerprint density at radius 1 is 0.980 bits per heavy atom. The van der Waals surface area contributed by atoms with Gasteiger partial charge in [0.15, 0.2) is 0 Å². The van der Waals surface area contributed by atoms with Crippen molar-refractivity contribution < 1.29 is 42.9 Å². The fraction of sp³-hybridized carbons (Fsp3) is 0.806. The van der Waals surface area contributed by atoms with Gasteiger partial charge in [-0.25, -0.2) is 5.43 Å². The van der Waals surface area contributed by atoms with Gasteiger partial charge in [-0.3, -0.25) is 29.8 Å². The maximum atomic E-state index is 12.8. The quantitative estimate of drug-likeness (QED) is 0.0185. The first kappa shape index (κ1) is 41.7. The summed E-state index contributed by atoms with van der Waals surface area (Å²) in [7, 11) is 1.68. The molecule has 3 fully saturated rings. The Morgan fingerprint density at radius 3 is 2.30 bits per heavy atom. The van der Waals surface area contributed by atoms with Gasteiger partial charge in [-0.05, 0) is 65.2 Å². The lowest BCUT2D eigenvalue weighted by Gasteiger charge is -2.42. The van der Waals surface area contributed by atoms with Crippen LogP contribution in [0.1, 0.15) is 98.8 Å². The van der Waals surface area contributed by atoms with Crippen LogP contribution in [0.2, 0.25) is 0 Å². The number of epoxide rings is 2. The van der Waals surface area contributed by atoms with E-state index in [4.69, 9.17) is 24.8 Å². The van der Waals surface area contributed by atoms with Gasteiger partial charge in [0.1, 0.15) is 23.4 Å². The standard InChI is InChI=1S/C36H61N5O9/c1-23(2)13-14-29-35(5,50-29)33-32(47-6)28(15-16-36(33)22-48-36)49-31(45)12-10-8-7-9-11-17-39-30(44)21-38-19-26(42)27(43)20-40-34(46)25(41-37)18-24(3)4/h13,24-25,28-29,32-33,38,41H,7-12,14-22,37H2,1-6H3,(H,39,44)(H,40,46)/t25-,28?,29+,32?,33?,35?,36-/m0/s1. The van der Waals surface area contributed by atoms with E-state index in [2.05, 4.69) is 48.2 Å². The number of carbonyl (C=O) groups excluding carboxylic acids is 5. The van der Waals surface area contributed by atoms with Crippen LogP contribution in [0.5, 0.6) is 0 Å². The fourth-order valence-corrected chi connectivity index (χ4v) is 7.01. The van der Waals surface area contributed by atoms with Crippen LogP contribution in [0, 0.1) is 11.8 Å². The van der Waals surface area contributed by atoms with Crippen molar-refractivity contribution in [3.8, 4) is 0 Å². The van der Waals surface area contributed by atoms with E-state index in [-0.39, 0.29) is 66.3 Å². The van der Waals surface area contributed by atoms with Crippen molar-refractivity contribution in [2.24, 2.45) is 17.7 Å². The number of allylic oxidation sites excluding steroid dienone is 1. The second kappa shape index (κ2) is 19.7. The van der Waals surface area contributed by atoms with Gasteiger partial charge in [-0.1, -0.05) is 44.8 Å². The number of carbonyl (C=O) groups is 5. The highest BCUT2D eigenvalue weighted by molar-refractivity contribution is 6.39. The van der Waals surface area contributed by atoms with Gasteiger partial charge in [0, 0.05) is 20.1 Å². The zero-order valence-corrected chi connectivity index (χ0v) is 30.9. The van der Waals surface area contributed by atoms with Crippen molar-refractivity contribution in [1.82, 2.24) is 21.4 Å². The molecule has 0 bridgehead atoms. The zero-order chi connectivity index (χ0) is 36.9. The van der Waals surface area contributed by atoms with Crippen molar-refractivity contribution in [3.05, 3.63) is 11.6 Å². The van der Waals surface area contributed by atoms with Crippen LogP contribution in [0.15, 0.2) is 11.6 Å². The molecule has 1 saturated carbocycles. The van der Waals surface area contributed by atoms with Crippen LogP contribution in [-0.4, -0.2) is 105 Å². The molecule has 50 heavy (non-hydrogen) atoms. The number of ketones is 2. The average molecular weight is 708 g/mol. The number of amides is 2. The van der Waals surface area contributed by atoms with Crippen molar-refractivity contribution >= 4 is 29.4 Å². The first-order valence-corrected chi connectivity index (χ1v) is 18.2. The summed E-state index contributed by atoms with van der Waals surface area (Å²) in [6.45, 7) is 10.5. The summed E-state index contributed by atoms with van der Waals surface area (Å²) >= 11 is 0. The van der Waals surface area contributed by atoms with Gasteiger partial charge in [-0.2, -0.15) is 0 Å². The maximum absolute atomic E-state index is 12.8. The molecular weight excluding hydrogens is 646 g/mol. The number of nitrogens with two attached hydrogens (primary N) is 1. The molecule has 0 aromatic rings. The number of rotatable bonds is 24. The molecule has 0 radical (unpaired) electrons. The van der Waals surface area contributed by atoms with Gasteiger partial charge in [0.25, 0.3) is 0 Å². The highest BCUT2D eigenvalue weighted by Gasteiger charge is 2.72. The van der Waals surface area contributed by atoms with Gasteiger partial charge < -0.3 is 34.9 Å². The van der Waals surface area contributed by atoms with E-state index in [1.165, 1.54) is 5.57 Å². The first-order chi connectivity index (χ1) is 23.8. The molecule has 2 amide bonds. The topological polar surface area (TPSA) is 203 Å². The number of methoxy groups -OCH3 is 1. The molecule has 3 rings (SSSR count). The largest absolute Gasteiger partial charge is 0.460 e. The molecule has 14 heteroatoms. The summed E-state index contributed by atoms with van der Waals surface area (Å²) in [6, 6.07) is -0.655. The molecule has 2 heterocycles. The summed E-state index contributed by atoms with van der Waals surface area (Å²) < 4.78 is 24.2. The molecule has 0 aromatic carbocycles. The van der Waals surface area contributed by atoms with Gasteiger partial charge in [-0.15, -0.1) is 0 Å². The highest BCUT2D eigenvalue weighted by Crippen LogP contribution is 2.59. The number of ether oxygens (including phenoxy) is 4. The van der Waals surface area contributed by atoms with Gasteiger partial charge >= 0.3 is 5.97 Å². The van der Waals surface area contributed by atoms with Crippen LogP contribution in [0.3, 0.4) is 0 Å². The highest BCUT2D eigenvalue weighted by atomic mass is 16.6. The third kappa shape index (κ3) is 12.5. The predicted molar refractivity (Wildman–Crippen MR) is 187 cm³/mol. The van der Waals surface area contributed by atoms with Gasteiger partial charge in [0.05, 0.1) is 44.3 Å². The molecule has 2 saturated heterocycles. The molecule has 2 aliphatic heterocycles. The molecule has 284 valence electrons. The minimum absolute atomic E-state index is 0.00152. The smallest absolute Gasteiger partial charge is 0.306 e. The number of hydrogen-bond donors (Lipinski definition) is 5. The van der Waals surface area contributed by atoms with E-state index in [1.807, 2.05) is 13.8 Å². The van der Waals surface area contributed by atoms with Crippen LogP contribution in [-0.2, 0) is 42.9 Å². The van der Waals surface area contributed by atoms with Crippen molar-refractivity contribution in [3.63, 3.8) is 0 Å². The third-order valence-corrected chi connectivity index (χ3v) is 9.93. The molecule has 7 atom stereocenters. The normalized spacial score (nSPS) is 27.4. The molecule has 6 N–H and O–H groups in total. The average Bonchev–Trinajstić information content (AvgIpc) is 3.99. The van der Waals surface area contributed by atoms with Crippen LogP contribution in [0.4, 0.5) is 0 Å². The summed E-state index contributed by atoms with van der Waals surface area (Å²) in [5, 5.41) is 7.87. The van der Waals surface area contributed by atoms with E-state index >= 15 is 0 Å². The maximum Gasteiger partial charge on any atom is 0.306 e. The lowest BCUT2D eigenvalue weighted by molar-refractivity contribution is -0.172. The minimum Gasteiger partial charge on any atom is -0.460 e. The SMILES string of the molecule is COC1C(OC(=O)CCCCCCCNC(=O)CNCC(=O)C(=O)CNC(=O)[C@H](CC(C)C)NN)CC[C@]2(CO2)C1C1(C)O[C@@H]1CC=C(C)C. The summed E-state index contributed by atoms with van der Waals surface area (Å²) in [5.74, 6) is 3.18. The monoisotopic (exact) mass is 707 g/mol. The Hall–Kier alpha value is -2.75. The molecule has 14 nitrogen and oxygen atoms in total. The lowest BCUT2D eigenvalue weighted by Crippen LogP contribution is -2.55. The number of hydrogen-bond acceptors (Lipinski definition) is 12. The molecular formula is C36H61N5O9. The van der Waals surface area contributed by atoms with E-state index in [0.29, 0.717) is 32.4 Å². The van der Waals surface area contributed by atoms with E-state index in [1.54, 1.807) is 7.11 Å². The molecule has 0 aromatic heterocycles. The molecule has 3 aliphatic rings. The Balaban J connectivity index is 1.23. The van der Waals surface area contributed by atoms with Crippen molar-refractivity contribution in [1.29, 1.82) is 0 Å². The third-order valence-electron chi connectivity index (χ3n) is 9.93. The number of hydrazine groups is 1. The Kier molecular flexibility index (Phi) is 16.5. The number of nitrogens with one attached hydrogen (secondary N) is 4. The Morgan fingerprint density at radius 2 is 1.66 bits per heavy atom. The van der Waals surface area contributed by atoms with E-state index < -0.39 is 30.1 Å². The van der Waals surface area contributed by atoms with Crippen LogP contribution >= 0.6 is 0 Å². The number of unbranched alkanes of at least 4 members (excludes halogenated alkanes) is 4. The van der Waals surface area contributed by atoms with Crippen LogP contribution < -0.4 is 27.2 Å². The first-order valence-electron chi connectivity index (χ1n) is 18.2. The molecule has 1 spiro atoms. The van der Waals surface area contributed by atoms with Gasteiger partial charge in [0.2, 0.25) is 23.4 Å². The Labute approximate surface area is 297 Å².